The van der Waals surface area contributed by atoms with Crippen molar-refractivity contribution in [1.82, 2.24) is 9.78 Å². The van der Waals surface area contributed by atoms with Crippen LogP contribution >= 0.6 is 11.6 Å². The summed E-state index contributed by atoms with van der Waals surface area (Å²) in [6, 6.07) is 2.89. The minimum atomic E-state index is -4.10. The number of benzene rings is 2. The van der Waals surface area contributed by atoms with Crippen molar-refractivity contribution in [1.29, 1.82) is 0 Å². The molecule has 0 aliphatic carbocycles. The molecule has 0 radical (unpaired) electrons. The van der Waals surface area contributed by atoms with E-state index in [2.05, 4.69) is 9.82 Å². The number of aromatic nitrogens is 2. The van der Waals surface area contributed by atoms with Gasteiger partial charge in [-0.05, 0) is 51.0 Å². The van der Waals surface area contributed by atoms with Gasteiger partial charge in [-0.2, -0.15) is 5.10 Å². The van der Waals surface area contributed by atoms with Crippen molar-refractivity contribution in [3.63, 3.8) is 0 Å². The van der Waals surface area contributed by atoms with Crippen LogP contribution in [-0.4, -0.2) is 18.2 Å². The van der Waals surface area contributed by atoms with Gasteiger partial charge in [0, 0.05) is 5.02 Å². The Hall–Kier alpha value is -2.66. The second-order valence-corrected chi connectivity index (χ2v) is 9.28. The molecule has 2 aromatic carbocycles. The summed E-state index contributed by atoms with van der Waals surface area (Å²) in [5, 5.41) is 4.39. The van der Waals surface area contributed by atoms with Crippen LogP contribution in [0.2, 0.25) is 5.02 Å². The zero-order chi connectivity index (χ0) is 24.1. The van der Waals surface area contributed by atoms with E-state index in [9.17, 15) is 30.4 Å². The van der Waals surface area contributed by atoms with E-state index < -0.39 is 51.2 Å². The van der Waals surface area contributed by atoms with Crippen molar-refractivity contribution in [3.05, 3.63) is 74.3 Å². The SMILES string of the molecule is Cc1cc(S(=O)(=O)Nc2c(C)nn(Cc3c(F)c(F)c(F)c(F)c3F)c2C)c(C)cc1Cl. The first-order chi connectivity index (χ1) is 14.8. The number of aryl methyl sites for hydroxylation is 3. The lowest BCUT2D eigenvalue weighted by Gasteiger charge is -2.13. The summed E-state index contributed by atoms with van der Waals surface area (Å²) in [5.41, 5.74) is 0.0911. The number of anilines is 1. The molecule has 0 bridgehead atoms. The fraction of sp³-hybridized carbons (Fsp3) is 0.250. The standard InChI is InChI=1S/C20H17ClF5N3O2S/c1-8-6-14(9(2)5-13(8)21)32(30,31)28-20-10(3)27-29(11(20)4)7-12-15(22)17(24)19(26)18(25)16(12)23/h5-6,28H,7H2,1-4H3. The number of halogens is 6. The molecule has 5 nitrogen and oxygen atoms in total. The highest BCUT2D eigenvalue weighted by Gasteiger charge is 2.28. The fourth-order valence-electron chi connectivity index (χ4n) is 3.17. The lowest BCUT2D eigenvalue weighted by Crippen LogP contribution is -2.16. The van der Waals surface area contributed by atoms with Crippen LogP contribution < -0.4 is 4.72 Å². The summed E-state index contributed by atoms with van der Waals surface area (Å²) in [6.07, 6.45) is 0. The third kappa shape index (κ3) is 4.06. The molecule has 1 heterocycles. The number of hydrogen-bond donors (Lipinski definition) is 1. The largest absolute Gasteiger partial charge is 0.276 e. The Balaban J connectivity index is 2.02. The predicted octanol–water partition coefficient (Wildman–Crippen LogP) is 5.31. The van der Waals surface area contributed by atoms with Crippen molar-refractivity contribution in [2.24, 2.45) is 0 Å². The molecule has 12 heteroatoms. The first-order valence-electron chi connectivity index (χ1n) is 9.10. The molecular formula is C20H17ClF5N3O2S. The molecule has 0 saturated carbocycles. The van der Waals surface area contributed by atoms with Gasteiger partial charge in [-0.1, -0.05) is 11.6 Å². The van der Waals surface area contributed by atoms with Crippen LogP contribution in [-0.2, 0) is 16.6 Å². The van der Waals surface area contributed by atoms with Gasteiger partial charge < -0.3 is 0 Å². The Bertz CT molecular complexity index is 1330. The molecule has 3 aromatic rings. The van der Waals surface area contributed by atoms with E-state index in [1.807, 2.05) is 0 Å². The van der Waals surface area contributed by atoms with Crippen LogP contribution in [0.25, 0.3) is 0 Å². The Morgan fingerprint density at radius 1 is 0.906 bits per heavy atom. The summed E-state index contributed by atoms with van der Waals surface area (Å²) in [5.74, 6) is -10.4. The van der Waals surface area contributed by atoms with Crippen LogP contribution in [0.15, 0.2) is 17.0 Å². The van der Waals surface area contributed by atoms with Gasteiger partial charge in [0.05, 0.1) is 34.1 Å². The molecule has 0 amide bonds. The van der Waals surface area contributed by atoms with Gasteiger partial charge in [-0.25, -0.2) is 30.4 Å². The number of nitrogens with zero attached hydrogens (tertiary/aromatic N) is 2. The number of sulfonamides is 1. The van der Waals surface area contributed by atoms with Crippen molar-refractivity contribution in [2.45, 2.75) is 39.1 Å². The monoisotopic (exact) mass is 493 g/mol. The maximum atomic E-state index is 14.1. The molecule has 0 spiro atoms. The van der Waals surface area contributed by atoms with Gasteiger partial charge in [0.1, 0.15) is 0 Å². The number of hydrogen-bond acceptors (Lipinski definition) is 3. The molecule has 172 valence electrons. The lowest BCUT2D eigenvalue weighted by molar-refractivity contribution is 0.366. The van der Waals surface area contributed by atoms with E-state index in [-0.39, 0.29) is 22.0 Å². The Morgan fingerprint density at radius 3 is 2.00 bits per heavy atom. The third-order valence-electron chi connectivity index (χ3n) is 4.97. The van der Waals surface area contributed by atoms with Gasteiger partial charge >= 0.3 is 0 Å². The molecule has 3 rings (SSSR count). The van der Waals surface area contributed by atoms with Crippen LogP contribution in [0, 0.1) is 56.8 Å². The second-order valence-electron chi connectivity index (χ2n) is 7.22. The fourth-order valence-corrected chi connectivity index (χ4v) is 4.88. The number of nitrogens with one attached hydrogen (secondary N) is 1. The normalized spacial score (nSPS) is 11.8. The predicted molar refractivity (Wildman–Crippen MR) is 109 cm³/mol. The van der Waals surface area contributed by atoms with Gasteiger partial charge in [-0.15, -0.1) is 0 Å². The van der Waals surface area contributed by atoms with Crippen molar-refractivity contribution in [3.8, 4) is 0 Å². The smallest absolute Gasteiger partial charge is 0.262 e. The molecule has 1 N–H and O–H groups in total. The van der Waals surface area contributed by atoms with Gasteiger partial charge in [-0.3, -0.25) is 9.40 Å². The quantitative estimate of drug-likeness (QED) is 0.297. The second kappa shape index (κ2) is 8.36. The maximum Gasteiger partial charge on any atom is 0.262 e. The zero-order valence-corrected chi connectivity index (χ0v) is 18.8. The molecule has 0 unspecified atom stereocenters. The van der Waals surface area contributed by atoms with E-state index in [1.54, 1.807) is 13.8 Å². The summed E-state index contributed by atoms with van der Waals surface area (Å²) in [7, 11) is -4.10. The molecule has 0 aliphatic rings. The highest BCUT2D eigenvalue weighted by atomic mass is 35.5. The van der Waals surface area contributed by atoms with Crippen LogP contribution in [0.3, 0.4) is 0 Å². The minimum Gasteiger partial charge on any atom is -0.276 e. The van der Waals surface area contributed by atoms with Gasteiger partial charge in [0.25, 0.3) is 10.0 Å². The van der Waals surface area contributed by atoms with E-state index in [1.165, 1.54) is 26.0 Å². The van der Waals surface area contributed by atoms with Gasteiger partial charge in [0.15, 0.2) is 23.3 Å². The Morgan fingerprint density at radius 2 is 1.44 bits per heavy atom. The Kier molecular flexibility index (Phi) is 6.27. The third-order valence-corrected chi connectivity index (χ3v) is 6.87. The van der Waals surface area contributed by atoms with Crippen molar-refractivity contribution < 1.29 is 30.4 Å². The first-order valence-corrected chi connectivity index (χ1v) is 11.0. The molecule has 32 heavy (non-hydrogen) atoms. The van der Waals surface area contributed by atoms with E-state index in [0.29, 0.717) is 16.1 Å². The summed E-state index contributed by atoms with van der Waals surface area (Å²) in [6.45, 7) is 5.22. The number of rotatable bonds is 5. The Labute approximate surface area is 185 Å². The van der Waals surface area contributed by atoms with Crippen LogP contribution in [0.4, 0.5) is 27.6 Å². The minimum absolute atomic E-state index is 0.0147. The highest BCUT2D eigenvalue weighted by molar-refractivity contribution is 7.92. The molecule has 0 aliphatic heterocycles. The van der Waals surface area contributed by atoms with Crippen molar-refractivity contribution >= 4 is 27.3 Å². The van der Waals surface area contributed by atoms with Gasteiger partial charge in [0.2, 0.25) is 5.82 Å². The lowest BCUT2D eigenvalue weighted by atomic mass is 10.1. The molecule has 0 fully saturated rings. The topological polar surface area (TPSA) is 64.0 Å². The van der Waals surface area contributed by atoms with Crippen LogP contribution in [0.5, 0.6) is 0 Å². The van der Waals surface area contributed by atoms with Crippen molar-refractivity contribution in [2.75, 3.05) is 4.72 Å². The molecule has 0 saturated heterocycles. The molecule has 0 atom stereocenters. The highest BCUT2D eigenvalue weighted by Crippen LogP contribution is 2.29. The summed E-state index contributed by atoms with van der Waals surface area (Å²) in [4.78, 5) is -0.0364. The zero-order valence-electron chi connectivity index (χ0n) is 17.2. The van der Waals surface area contributed by atoms with E-state index >= 15 is 0 Å². The first kappa shape index (κ1) is 24.0. The van der Waals surface area contributed by atoms with Crippen LogP contribution in [0.1, 0.15) is 28.1 Å². The maximum absolute atomic E-state index is 14.1. The molecule has 1 aromatic heterocycles. The average Bonchev–Trinajstić information content (AvgIpc) is 2.97. The van der Waals surface area contributed by atoms with E-state index in [0.717, 1.165) is 4.68 Å². The van der Waals surface area contributed by atoms with E-state index in [4.69, 9.17) is 11.6 Å². The summed E-state index contributed by atoms with van der Waals surface area (Å²) < 4.78 is 97.6. The summed E-state index contributed by atoms with van der Waals surface area (Å²) >= 11 is 6.02. The molecular weight excluding hydrogens is 477 g/mol. The average molecular weight is 494 g/mol.